The lowest BCUT2D eigenvalue weighted by atomic mass is 9.74. The number of anilines is 1. The Kier molecular flexibility index (Phi) is 3.79. The van der Waals surface area contributed by atoms with E-state index in [2.05, 4.69) is 36.5 Å². The molecular weight excluding hydrogens is 234 g/mol. The van der Waals surface area contributed by atoms with E-state index in [9.17, 15) is 0 Å². The fourth-order valence-corrected chi connectivity index (χ4v) is 3.36. The van der Waals surface area contributed by atoms with Crippen molar-refractivity contribution >= 4 is 5.69 Å². The Morgan fingerprint density at radius 3 is 2.68 bits per heavy atom. The number of aryl methyl sites for hydroxylation is 1. The van der Waals surface area contributed by atoms with Crippen LogP contribution in [0.25, 0.3) is 0 Å². The second-order valence-electron chi connectivity index (χ2n) is 6.17. The van der Waals surface area contributed by atoms with Gasteiger partial charge in [-0.15, -0.1) is 0 Å². The summed E-state index contributed by atoms with van der Waals surface area (Å²) in [4.78, 5) is 0. The molecule has 1 atom stereocenters. The van der Waals surface area contributed by atoms with Crippen molar-refractivity contribution in [3.63, 3.8) is 0 Å². The normalized spacial score (nSPS) is 25.0. The molecule has 1 aliphatic carbocycles. The standard InChI is InChI=1S/C17H25NO/c1-2-4-14-5-7-15(8-6-14)18-16-9-12-19-17(13-16)10-3-11-17/h5-8,16,18H,2-4,9-13H2,1H3. The minimum Gasteiger partial charge on any atom is -0.382 e. The van der Waals surface area contributed by atoms with Crippen LogP contribution in [0.3, 0.4) is 0 Å². The molecule has 0 bridgehead atoms. The molecule has 1 spiro atoms. The Morgan fingerprint density at radius 1 is 1.26 bits per heavy atom. The number of hydrogen-bond donors (Lipinski definition) is 1. The third-order valence-electron chi connectivity index (χ3n) is 4.62. The summed E-state index contributed by atoms with van der Waals surface area (Å²) in [6.45, 7) is 3.15. The van der Waals surface area contributed by atoms with E-state index < -0.39 is 0 Å². The average molecular weight is 259 g/mol. The van der Waals surface area contributed by atoms with Crippen LogP contribution in [0.4, 0.5) is 5.69 Å². The Labute approximate surface area is 116 Å². The van der Waals surface area contributed by atoms with Crippen LogP contribution in [0.1, 0.15) is 51.0 Å². The summed E-state index contributed by atoms with van der Waals surface area (Å²) in [6.07, 6.45) is 8.60. The van der Waals surface area contributed by atoms with Crippen LogP contribution in [0.2, 0.25) is 0 Å². The van der Waals surface area contributed by atoms with Gasteiger partial charge >= 0.3 is 0 Å². The summed E-state index contributed by atoms with van der Waals surface area (Å²) in [7, 11) is 0. The zero-order valence-corrected chi connectivity index (χ0v) is 12.0. The van der Waals surface area contributed by atoms with Gasteiger partial charge in [0.2, 0.25) is 0 Å². The molecule has 2 heteroatoms. The molecule has 1 unspecified atom stereocenters. The molecule has 1 saturated carbocycles. The van der Waals surface area contributed by atoms with Gasteiger partial charge in [0.1, 0.15) is 0 Å². The Morgan fingerprint density at radius 2 is 2.05 bits per heavy atom. The van der Waals surface area contributed by atoms with E-state index in [4.69, 9.17) is 4.74 Å². The van der Waals surface area contributed by atoms with Gasteiger partial charge in [-0.3, -0.25) is 0 Å². The smallest absolute Gasteiger partial charge is 0.0702 e. The van der Waals surface area contributed by atoms with Gasteiger partial charge in [0.25, 0.3) is 0 Å². The fraction of sp³-hybridized carbons (Fsp3) is 0.647. The van der Waals surface area contributed by atoms with E-state index in [1.165, 1.54) is 49.8 Å². The second-order valence-corrected chi connectivity index (χ2v) is 6.17. The summed E-state index contributed by atoms with van der Waals surface area (Å²) < 4.78 is 5.98. The molecule has 1 saturated heterocycles. The number of nitrogens with one attached hydrogen (secondary N) is 1. The first-order chi connectivity index (χ1) is 9.30. The van der Waals surface area contributed by atoms with Crippen LogP contribution in [0.15, 0.2) is 24.3 Å². The van der Waals surface area contributed by atoms with Crippen molar-refractivity contribution in [2.24, 2.45) is 0 Å². The maximum atomic E-state index is 5.98. The van der Waals surface area contributed by atoms with Crippen LogP contribution < -0.4 is 5.32 Å². The highest BCUT2D eigenvalue weighted by Gasteiger charge is 2.42. The summed E-state index contributed by atoms with van der Waals surface area (Å²) in [6, 6.07) is 9.56. The van der Waals surface area contributed by atoms with Crippen molar-refractivity contribution in [1.29, 1.82) is 0 Å². The van der Waals surface area contributed by atoms with Crippen molar-refractivity contribution in [3.05, 3.63) is 29.8 Å². The lowest BCUT2D eigenvalue weighted by Crippen LogP contribution is -2.48. The summed E-state index contributed by atoms with van der Waals surface area (Å²) in [5, 5.41) is 3.69. The lowest BCUT2D eigenvalue weighted by molar-refractivity contribution is -0.130. The van der Waals surface area contributed by atoms with E-state index in [0.717, 1.165) is 13.0 Å². The van der Waals surface area contributed by atoms with Gasteiger partial charge in [-0.05, 0) is 56.2 Å². The average Bonchev–Trinajstić information content (AvgIpc) is 2.40. The van der Waals surface area contributed by atoms with Gasteiger partial charge in [0.05, 0.1) is 5.60 Å². The number of ether oxygens (including phenoxy) is 1. The van der Waals surface area contributed by atoms with Gasteiger partial charge in [0, 0.05) is 18.3 Å². The van der Waals surface area contributed by atoms with Gasteiger partial charge in [-0.2, -0.15) is 0 Å². The van der Waals surface area contributed by atoms with E-state index in [1.54, 1.807) is 0 Å². The van der Waals surface area contributed by atoms with E-state index in [-0.39, 0.29) is 5.60 Å². The van der Waals surface area contributed by atoms with Crippen LogP contribution in [-0.4, -0.2) is 18.2 Å². The molecule has 2 aliphatic rings. The van der Waals surface area contributed by atoms with Crippen molar-refractivity contribution in [3.8, 4) is 0 Å². The number of rotatable bonds is 4. The van der Waals surface area contributed by atoms with Gasteiger partial charge in [-0.25, -0.2) is 0 Å². The molecule has 3 rings (SSSR count). The van der Waals surface area contributed by atoms with Crippen molar-refractivity contribution < 1.29 is 4.74 Å². The number of hydrogen-bond acceptors (Lipinski definition) is 2. The maximum Gasteiger partial charge on any atom is 0.0702 e. The molecule has 19 heavy (non-hydrogen) atoms. The second kappa shape index (κ2) is 5.54. The molecule has 1 aromatic carbocycles. The predicted octanol–water partition coefficient (Wildman–Crippen LogP) is 4.15. The van der Waals surface area contributed by atoms with Crippen molar-refractivity contribution in [2.45, 2.75) is 63.5 Å². The highest BCUT2D eigenvalue weighted by Crippen LogP contribution is 2.42. The zero-order chi connectivity index (χ0) is 13.1. The van der Waals surface area contributed by atoms with Crippen molar-refractivity contribution in [1.82, 2.24) is 0 Å². The topological polar surface area (TPSA) is 21.3 Å². The molecule has 0 amide bonds. The first kappa shape index (κ1) is 13.0. The molecule has 104 valence electrons. The largest absolute Gasteiger partial charge is 0.382 e. The minimum atomic E-state index is 0.234. The summed E-state index contributed by atoms with van der Waals surface area (Å²) in [5.41, 5.74) is 2.94. The number of benzene rings is 1. The molecule has 1 aliphatic heterocycles. The van der Waals surface area contributed by atoms with Gasteiger partial charge in [-0.1, -0.05) is 25.5 Å². The molecule has 0 radical (unpaired) electrons. The third kappa shape index (κ3) is 2.94. The predicted molar refractivity (Wildman–Crippen MR) is 79.6 cm³/mol. The molecule has 1 N–H and O–H groups in total. The third-order valence-corrected chi connectivity index (χ3v) is 4.62. The zero-order valence-electron chi connectivity index (χ0n) is 12.0. The van der Waals surface area contributed by atoms with Gasteiger partial charge < -0.3 is 10.1 Å². The van der Waals surface area contributed by atoms with Crippen LogP contribution in [0.5, 0.6) is 0 Å². The molecule has 1 heterocycles. The molecular formula is C17H25NO. The molecule has 2 fully saturated rings. The van der Waals surface area contributed by atoms with Gasteiger partial charge in [0.15, 0.2) is 0 Å². The highest BCUT2D eigenvalue weighted by molar-refractivity contribution is 5.45. The highest BCUT2D eigenvalue weighted by atomic mass is 16.5. The minimum absolute atomic E-state index is 0.234. The SMILES string of the molecule is CCCc1ccc(NC2CCOC3(CCC3)C2)cc1. The van der Waals surface area contributed by atoms with Crippen LogP contribution in [-0.2, 0) is 11.2 Å². The first-order valence-electron chi connectivity index (χ1n) is 7.79. The Hall–Kier alpha value is -1.02. The Bertz CT molecular complexity index is 408. The summed E-state index contributed by atoms with van der Waals surface area (Å²) >= 11 is 0. The van der Waals surface area contributed by atoms with Crippen LogP contribution in [0, 0.1) is 0 Å². The fourth-order valence-electron chi connectivity index (χ4n) is 3.36. The van der Waals surface area contributed by atoms with E-state index in [0.29, 0.717) is 6.04 Å². The monoisotopic (exact) mass is 259 g/mol. The first-order valence-corrected chi connectivity index (χ1v) is 7.79. The lowest BCUT2D eigenvalue weighted by Gasteiger charge is -2.47. The van der Waals surface area contributed by atoms with Crippen molar-refractivity contribution in [2.75, 3.05) is 11.9 Å². The quantitative estimate of drug-likeness (QED) is 0.877. The summed E-state index contributed by atoms with van der Waals surface area (Å²) in [5.74, 6) is 0. The molecule has 1 aromatic rings. The Balaban J connectivity index is 1.58. The van der Waals surface area contributed by atoms with E-state index in [1.807, 2.05) is 0 Å². The molecule has 0 aromatic heterocycles. The van der Waals surface area contributed by atoms with Crippen LogP contribution >= 0.6 is 0 Å². The molecule has 2 nitrogen and oxygen atoms in total. The van der Waals surface area contributed by atoms with E-state index >= 15 is 0 Å². The maximum absolute atomic E-state index is 5.98.